The molecule has 0 saturated heterocycles. The minimum absolute atomic E-state index is 0.169. The molecule has 1 unspecified atom stereocenters. The zero-order chi connectivity index (χ0) is 30.8. The molecule has 0 amide bonds. The molecule has 1 nitrogen and oxygen atoms in total. The van der Waals surface area contributed by atoms with Gasteiger partial charge in [0.2, 0.25) is 0 Å². The Bertz CT molecular complexity index is 2580. The fourth-order valence-electron chi connectivity index (χ4n) is 7.23. The lowest BCUT2D eigenvalue weighted by Gasteiger charge is -2.28. The van der Waals surface area contributed by atoms with E-state index in [1.165, 1.54) is 12.1 Å². The molecule has 0 saturated carbocycles. The van der Waals surface area contributed by atoms with Crippen LogP contribution in [0.15, 0.2) is 152 Å². The van der Waals surface area contributed by atoms with Gasteiger partial charge in [-0.05, 0) is 84.1 Å². The number of nitrogens with one attached hydrogen (secondary N) is 1. The first-order chi connectivity index (χ1) is 22.6. The molecule has 0 bridgehead atoms. The third-order valence-corrected chi connectivity index (χ3v) is 9.41. The van der Waals surface area contributed by atoms with Crippen LogP contribution in [0.5, 0.6) is 0 Å². The van der Waals surface area contributed by atoms with Gasteiger partial charge in [-0.15, -0.1) is 0 Å². The van der Waals surface area contributed by atoms with Crippen LogP contribution in [-0.4, -0.2) is 6.04 Å². The molecular formula is C43H27F2N. The highest BCUT2D eigenvalue weighted by atomic mass is 19.1. The van der Waals surface area contributed by atoms with Gasteiger partial charge in [0.1, 0.15) is 11.6 Å². The van der Waals surface area contributed by atoms with E-state index >= 15 is 8.78 Å². The summed E-state index contributed by atoms with van der Waals surface area (Å²) in [6.07, 6.45) is 6.38. The summed E-state index contributed by atoms with van der Waals surface area (Å²) in [6, 6.07) is 43.2. The van der Waals surface area contributed by atoms with E-state index in [0.717, 1.165) is 59.5 Å². The average Bonchev–Trinajstić information content (AvgIpc) is 3.12. The van der Waals surface area contributed by atoms with Crippen molar-refractivity contribution in [2.24, 2.45) is 0 Å². The standard InChI is InChI=1S/C43H27F2N/c44-40-25-39(43-34-17-9-8-16-32(34)38-22-28(19-21-42(38)46-43)26-10-2-1-3-11-26)41(45)24-37(40)36-23-35-29-13-5-4-12-27(29)18-20-33(35)30-14-6-7-15-31(30)36/h1-25,42,46H. The lowest BCUT2D eigenvalue weighted by molar-refractivity contribution is 0.597. The van der Waals surface area contributed by atoms with Crippen molar-refractivity contribution >= 4 is 49.2 Å². The third kappa shape index (κ3) is 4.13. The predicted octanol–water partition coefficient (Wildman–Crippen LogP) is 9.02. The molecule has 1 atom stereocenters. The Morgan fingerprint density at radius 2 is 1.15 bits per heavy atom. The van der Waals surface area contributed by atoms with Crippen molar-refractivity contribution in [3.8, 4) is 11.1 Å². The average molecular weight is 596 g/mol. The highest BCUT2D eigenvalue weighted by Crippen LogP contribution is 2.40. The highest BCUT2D eigenvalue weighted by molar-refractivity contribution is 6.21. The van der Waals surface area contributed by atoms with E-state index in [2.05, 4.69) is 72.1 Å². The molecule has 218 valence electrons. The largest absolute Gasteiger partial charge is 0.374 e. The minimum Gasteiger partial charge on any atom is -0.374 e. The molecule has 9 rings (SSSR count). The fraction of sp³-hybridized carbons (Fsp3) is 0.0233. The maximum atomic E-state index is 16.4. The number of hydrogen-bond donors (Lipinski definition) is 1. The van der Waals surface area contributed by atoms with Crippen molar-refractivity contribution < 1.29 is 8.78 Å². The molecule has 3 heteroatoms. The van der Waals surface area contributed by atoms with Crippen molar-refractivity contribution in [2.75, 3.05) is 0 Å². The number of benzene rings is 7. The summed E-state index contributed by atoms with van der Waals surface area (Å²) < 4.78 is 32.8. The second-order valence-corrected chi connectivity index (χ2v) is 12.0. The van der Waals surface area contributed by atoms with Crippen molar-refractivity contribution in [3.05, 3.63) is 185 Å². The van der Waals surface area contributed by atoms with E-state index < -0.39 is 11.6 Å². The first kappa shape index (κ1) is 26.6. The lowest BCUT2D eigenvalue weighted by atomic mass is 9.87. The van der Waals surface area contributed by atoms with Crippen LogP contribution in [0.4, 0.5) is 8.78 Å². The number of rotatable bonds is 3. The molecule has 0 fully saturated rings. The maximum absolute atomic E-state index is 16.4. The van der Waals surface area contributed by atoms with Crippen LogP contribution >= 0.6 is 0 Å². The van der Waals surface area contributed by atoms with Crippen LogP contribution in [0.3, 0.4) is 0 Å². The first-order valence-electron chi connectivity index (χ1n) is 15.5. The first-order valence-corrected chi connectivity index (χ1v) is 15.5. The molecule has 0 aromatic heterocycles. The van der Waals surface area contributed by atoms with Gasteiger partial charge in [-0.3, -0.25) is 0 Å². The molecule has 1 aliphatic heterocycles. The number of hydrogen-bond acceptors (Lipinski definition) is 1. The molecule has 0 spiro atoms. The fourth-order valence-corrected chi connectivity index (χ4v) is 7.23. The molecular weight excluding hydrogens is 568 g/mol. The molecule has 46 heavy (non-hydrogen) atoms. The number of halogens is 2. The van der Waals surface area contributed by atoms with Crippen LogP contribution in [0.1, 0.15) is 11.1 Å². The van der Waals surface area contributed by atoms with E-state index in [-0.39, 0.29) is 17.2 Å². The quantitative estimate of drug-likeness (QED) is 0.201. The molecule has 0 radical (unpaired) electrons. The van der Waals surface area contributed by atoms with Gasteiger partial charge in [0.25, 0.3) is 0 Å². The van der Waals surface area contributed by atoms with E-state index in [1.807, 2.05) is 72.8 Å². The summed E-state index contributed by atoms with van der Waals surface area (Å²) in [5.41, 5.74) is 5.08. The van der Waals surface area contributed by atoms with Crippen LogP contribution in [0.2, 0.25) is 0 Å². The molecule has 2 aliphatic rings. The van der Waals surface area contributed by atoms with Crippen molar-refractivity contribution in [1.82, 2.24) is 5.32 Å². The summed E-state index contributed by atoms with van der Waals surface area (Å²) in [5, 5.41) is 11.6. The van der Waals surface area contributed by atoms with Crippen LogP contribution in [0.25, 0.3) is 60.3 Å². The van der Waals surface area contributed by atoms with Crippen molar-refractivity contribution in [3.63, 3.8) is 0 Å². The number of allylic oxidation sites excluding steroid dienone is 2. The van der Waals surface area contributed by atoms with Gasteiger partial charge in [-0.2, -0.15) is 0 Å². The topological polar surface area (TPSA) is 12.0 Å². The van der Waals surface area contributed by atoms with Gasteiger partial charge < -0.3 is 5.32 Å². The second kappa shape index (κ2) is 10.4. The van der Waals surface area contributed by atoms with E-state index in [1.54, 1.807) is 0 Å². The van der Waals surface area contributed by atoms with Crippen LogP contribution in [0, 0.1) is 11.6 Å². The summed E-state index contributed by atoms with van der Waals surface area (Å²) in [7, 11) is 0. The van der Waals surface area contributed by atoms with E-state index in [0.29, 0.717) is 11.3 Å². The van der Waals surface area contributed by atoms with Crippen LogP contribution < -0.4 is 15.8 Å². The van der Waals surface area contributed by atoms with Gasteiger partial charge in [0.05, 0.1) is 11.7 Å². The molecule has 7 aromatic carbocycles. The maximum Gasteiger partial charge on any atom is 0.133 e. The number of fused-ring (bicyclic) bond motifs is 7. The Morgan fingerprint density at radius 3 is 2.00 bits per heavy atom. The smallest absolute Gasteiger partial charge is 0.133 e. The van der Waals surface area contributed by atoms with Crippen molar-refractivity contribution in [2.45, 2.75) is 6.04 Å². The monoisotopic (exact) mass is 595 g/mol. The summed E-state index contributed by atoms with van der Waals surface area (Å²) >= 11 is 0. The summed E-state index contributed by atoms with van der Waals surface area (Å²) in [5.74, 6) is -0.937. The molecule has 7 aromatic rings. The Labute approximate surface area is 264 Å². The minimum atomic E-state index is -0.473. The highest BCUT2D eigenvalue weighted by Gasteiger charge is 2.25. The lowest BCUT2D eigenvalue weighted by Crippen LogP contribution is -2.46. The zero-order valence-electron chi connectivity index (χ0n) is 24.8. The normalized spacial score (nSPS) is 15.5. The zero-order valence-corrected chi connectivity index (χ0v) is 24.8. The molecule has 1 N–H and O–H groups in total. The summed E-state index contributed by atoms with van der Waals surface area (Å²) in [4.78, 5) is 0. The van der Waals surface area contributed by atoms with Gasteiger partial charge in [0.15, 0.2) is 0 Å². The second-order valence-electron chi connectivity index (χ2n) is 12.0. The summed E-state index contributed by atoms with van der Waals surface area (Å²) in [6.45, 7) is 0. The Hall–Kier alpha value is -5.80. The van der Waals surface area contributed by atoms with Gasteiger partial charge >= 0.3 is 0 Å². The Morgan fingerprint density at radius 1 is 0.500 bits per heavy atom. The third-order valence-electron chi connectivity index (χ3n) is 9.41. The van der Waals surface area contributed by atoms with Crippen LogP contribution in [-0.2, 0) is 0 Å². The molecule has 1 aliphatic carbocycles. The molecule has 1 heterocycles. The van der Waals surface area contributed by atoms with Gasteiger partial charge in [0, 0.05) is 16.3 Å². The van der Waals surface area contributed by atoms with Crippen molar-refractivity contribution in [1.29, 1.82) is 0 Å². The Kier molecular flexibility index (Phi) is 6.01. The van der Waals surface area contributed by atoms with E-state index in [4.69, 9.17) is 0 Å². The van der Waals surface area contributed by atoms with E-state index in [9.17, 15) is 0 Å². The Balaban J connectivity index is 1.25. The van der Waals surface area contributed by atoms with Gasteiger partial charge in [-0.1, -0.05) is 127 Å². The van der Waals surface area contributed by atoms with Gasteiger partial charge in [-0.25, -0.2) is 8.78 Å². The predicted molar refractivity (Wildman–Crippen MR) is 186 cm³/mol. The SMILES string of the molecule is Fc1cc(-c2cc3c4ccccc4ccc3c3ccccc23)c(F)cc1C1=c2ccccc2=C2C=C(c3ccccc3)C=CC2N1.